The molecule has 0 aromatic heterocycles. The quantitative estimate of drug-likeness (QED) is 0.343. The Morgan fingerprint density at radius 1 is 1.17 bits per heavy atom. The lowest BCUT2D eigenvalue weighted by molar-refractivity contribution is -0.220. The van der Waals surface area contributed by atoms with E-state index in [4.69, 9.17) is 9.84 Å². The fourth-order valence-corrected chi connectivity index (χ4v) is 1.08. The molecule has 0 aliphatic rings. The van der Waals surface area contributed by atoms with Crippen LogP contribution in [-0.2, 0) is 9.47 Å². The molecule has 0 spiro atoms. The highest BCUT2D eigenvalue weighted by Gasteiger charge is 2.29. The van der Waals surface area contributed by atoms with Gasteiger partial charge in [-0.15, -0.1) is 0 Å². The Kier molecular flexibility index (Phi) is 7.80. The highest BCUT2D eigenvalue weighted by molar-refractivity contribution is 5.66. The molecule has 108 valence electrons. The van der Waals surface area contributed by atoms with E-state index < -0.39 is 36.8 Å². The topological polar surface area (TPSA) is 128 Å². The minimum absolute atomic E-state index is 0.131. The molecule has 0 aromatic carbocycles. The molecule has 0 radical (unpaired) electrons. The maximum atomic E-state index is 10.8. The van der Waals surface area contributed by atoms with E-state index in [0.29, 0.717) is 0 Å². The fourth-order valence-electron chi connectivity index (χ4n) is 1.08. The molecule has 5 atom stereocenters. The van der Waals surface area contributed by atoms with Crippen LogP contribution in [0, 0.1) is 0 Å². The molecule has 8 heteroatoms. The molecule has 5 N–H and O–H groups in total. The van der Waals surface area contributed by atoms with Gasteiger partial charge in [0.05, 0.1) is 12.2 Å². The molecular formula is C10H21NO7. The lowest BCUT2D eigenvalue weighted by atomic mass is 10.1. The van der Waals surface area contributed by atoms with Crippen LogP contribution >= 0.6 is 0 Å². The third-order valence-electron chi connectivity index (χ3n) is 2.16. The van der Waals surface area contributed by atoms with Gasteiger partial charge in [-0.3, -0.25) is 0 Å². The summed E-state index contributed by atoms with van der Waals surface area (Å²) >= 11 is 0. The summed E-state index contributed by atoms with van der Waals surface area (Å²) in [7, 11) is 1.39. The van der Waals surface area contributed by atoms with E-state index in [1.54, 1.807) is 0 Å². The van der Waals surface area contributed by atoms with E-state index in [1.165, 1.54) is 20.9 Å². The van der Waals surface area contributed by atoms with Crippen molar-refractivity contribution in [3.05, 3.63) is 0 Å². The molecule has 1 amide bonds. The number of hydrogen-bond donors (Lipinski definition) is 5. The molecule has 0 fully saturated rings. The van der Waals surface area contributed by atoms with E-state index in [9.17, 15) is 20.1 Å². The predicted molar refractivity (Wildman–Crippen MR) is 60.7 cm³/mol. The maximum Gasteiger partial charge on any atom is 0.406 e. The van der Waals surface area contributed by atoms with Gasteiger partial charge in [0.2, 0.25) is 0 Å². The van der Waals surface area contributed by atoms with Crippen LogP contribution in [0.2, 0.25) is 0 Å². The number of carbonyl (C=O) groups excluding carboxylic acids is 1. The maximum absolute atomic E-state index is 10.8. The zero-order chi connectivity index (χ0) is 14.3. The van der Waals surface area contributed by atoms with Crippen LogP contribution in [0.3, 0.4) is 0 Å². The second kappa shape index (κ2) is 8.22. The number of ether oxygens (including phenoxy) is 2. The molecule has 8 nitrogen and oxygen atoms in total. The molecule has 0 aliphatic heterocycles. The van der Waals surface area contributed by atoms with Crippen molar-refractivity contribution in [1.82, 2.24) is 5.32 Å². The zero-order valence-electron chi connectivity index (χ0n) is 10.6. The molecule has 0 heterocycles. The largest absolute Gasteiger partial charge is 0.447 e. The Morgan fingerprint density at radius 3 is 2.17 bits per heavy atom. The molecule has 18 heavy (non-hydrogen) atoms. The molecule has 0 rings (SSSR count). The van der Waals surface area contributed by atoms with Crippen LogP contribution in [0.15, 0.2) is 0 Å². The normalized spacial score (nSPS) is 19.5. The van der Waals surface area contributed by atoms with Gasteiger partial charge in [0, 0.05) is 7.05 Å². The van der Waals surface area contributed by atoms with Gasteiger partial charge < -0.3 is 35.2 Å². The van der Waals surface area contributed by atoms with Gasteiger partial charge in [-0.25, -0.2) is 4.79 Å². The number of rotatable bonds is 7. The second-order valence-electron chi connectivity index (χ2n) is 3.91. The number of carbonyl (C=O) groups is 1. The smallest absolute Gasteiger partial charge is 0.406 e. The Labute approximate surface area is 105 Å². The predicted octanol–water partition coefficient (Wildman–Crippen LogP) is -1.83. The van der Waals surface area contributed by atoms with E-state index in [1.807, 2.05) is 0 Å². The summed E-state index contributed by atoms with van der Waals surface area (Å²) in [5.41, 5.74) is 0. The average Bonchev–Trinajstić information content (AvgIpc) is 2.33. The minimum atomic E-state index is -1.70. The first-order valence-electron chi connectivity index (χ1n) is 5.51. The molecule has 0 aliphatic carbocycles. The first kappa shape index (κ1) is 17.1. The van der Waals surface area contributed by atoms with Crippen LogP contribution in [0.25, 0.3) is 0 Å². The minimum Gasteiger partial charge on any atom is -0.447 e. The first-order valence-corrected chi connectivity index (χ1v) is 5.51. The molecule has 5 unspecified atom stereocenters. The van der Waals surface area contributed by atoms with Crippen molar-refractivity contribution in [1.29, 1.82) is 0 Å². The number of amides is 1. The fraction of sp³-hybridized carbons (Fsp3) is 0.900. The highest BCUT2D eigenvalue weighted by atomic mass is 16.6. The number of nitrogens with one attached hydrogen (secondary N) is 1. The average molecular weight is 267 g/mol. The summed E-state index contributed by atoms with van der Waals surface area (Å²) in [4.78, 5) is 10.8. The Balaban J connectivity index is 4.06. The molecule has 0 saturated heterocycles. The van der Waals surface area contributed by atoms with Crippen molar-refractivity contribution in [3.8, 4) is 0 Å². The van der Waals surface area contributed by atoms with Crippen LogP contribution in [0.1, 0.15) is 13.8 Å². The Bertz CT molecular complexity index is 248. The first-order chi connectivity index (χ1) is 8.29. The summed E-state index contributed by atoms with van der Waals surface area (Å²) in [5, 5.41) is 39.4. The van der Waals surface area contributed by atoms with E-state index in [2.05, 4.69) is 10.1 Å². The number of hydrogen-bond acceptors (Lipinski definition) is 7. The Morgan fingerprint density at radius 2 is 1.72 bits per heavy atom. The lowest BCUT2D eigenvalue weighted by Crippen LogP contribution is -2.46. The molecule has 0 bridgehead atoms. The van der Waals surface area contributed by atoms with Gasteiger partial charge in [-0.1, -0.05) is 0 Å². The monoisotopic (exact) mass is 267 g/mol. The second-order valence-corrected chi connectivity index (χ2v) is 3.91. The number of aliphatic hydroxyl groups excluding tert-OH is 4. The summed E-state index contributed by atoms with van der Waals surface area (Å²) in [6.45, 7) is 2.64. The van der Waals surface area contributed by atoms with Crippen LogP contribution in [0.4, 0.5) is 4.79 Å². The summed E-state index contributed by atoms with van der Waals surface area (Å²) in [6.07, 6.45) is -7.44. The summed E-state index contributed by atoms with van der Waals surface area (Å²) in [5.74, 6) is 0. The number of aliphatic hydroxyl groups is 4. The van der Waals surface area contributed by atoms with Gasteiger partial charge >= 0.3 is 6.09 Å². The van der Waals surface area contributed by atoms with Gasteiger partial charge in [0.15, 0.2) is 6.29 Å². The third-order valence-corrected chi connectivity index (χ3v) is 2.16. The van der Waals surface area contributed by atoms with Crippen molar-refractivity contribution in [3.63, 3.8) is 0 Å². The van der Waals surface area contributed by atoms with E-state index in [0.717, 1.165) is 0 Å². The van der Waals surface area contributed by atoms with Gasteiger partial charge in [0.1, 0.15) is 18.8 Å². The lowest BCUT2D eigenvalue weighted by Gasteiger charge is -2.26. The SMILES string of the molecule is CNC(=O)OCC(C)OC(O)C(O)C(O)C(C)O. The van der Waals surface area contributed by atoms with Gasteiger partial charge in [-0.05, 0) is 13.8 Å². The zero-order valence-corrected chi connectivity index (χ0v) is 10.6. The van der Waals surface area contributed by atoms with E-state index in [-0.39, 0.29) is 6.61 Å². The summed E-state index contributed by atoms with van der Waals surface area (Å²) < 4.78 is 9.57. The van der Waals surface area contributed by atoms with E-state index >= 15 is 0 Å². The van der Waals surface area contributed by atoms with Crippen molar-refractivity contribution in [2.24, 2.45) is 0 Å². The molecule has 0 saturated carbocycles. The summed E-state index contributed by atoms with van der Waals surface area (Å²) in [6, 6.07) is 0. The van der Waals surface area contributed by atoms with Crippen molar-refractivity contribution in [2.45, 2.75) is 44.6 Å². The van der Waals surface area contributed by atoms with Crippen LogP contribution in [-0.4, -0.2) is 70.9 Å². The standard InChI is InChI=1S/C10H21NO7/c1-5(4-17-10(16)11-3)18-9(15)8(14)7(13)6(2)12/h5-9,12-15H,4H2,1-3H3,(H,11,16). The van der Waals surface area contributed by atoms with Gasteiger partial charge in [-0.2, -0.15) is 0 Å². The molecular weight excluding hydrogens is 246 g/mol. The highest BCUT2D eigenvalue weighted by Crippen LogP contribution is 2.08. The Hall–Kier alpha value is -0.930. The van der Waals surface area contributed by atoms with Crippen molar-refractivity contribution < 1.29 is 34.7 Å². The van der Waals surface area contributed by atoms with Crippen LogP contribution < -0.4 is 5.32 Å². The van der Waals surface area contributed by atoms with Crippen molar-refractivity contribution >= 4 is 6.09 Å². The molecule has 0 aromatic rings. The van der Waals surface area contributed by atoms with Crippen molar-refractivity contribution in [2.75, 3.05) is 13.7 Å². The van der Waals surface area contributed by atoms with Gasteiger partial charge in [0.25, 0.3) is 0 Å². The third kappa shape index (κ3) is 6.12. The number of alkyl carbamates (subject to hydrolysis) is 1. The van der Waals surface area contributed by atoms with Crippen LogP contribution in [0.5, 0.6) is 0 Å².